The average Bonchev–Trinajstić information content (AvgIpc) is 2.36. The molecule has 1 atom stereocenters. The van der Waals surface area contributed by atoms with Crippen LogP contribution in [0.4, 0.5) is 0 Å². The van der Waals surface area contributed by atoms with Gasteiger partial charge in [0.05, 0.1) is 7.11 Å². The Morgan fingerprint density at radius 3 is 2.44 bits per heavy atom. The molecule has 0 heterocycles. The second kappa shape index (κ2) is 7.01. The highest BCUT2D eigenvalue weighted by Crippen LogP contribution is 2.15. The van der Waals surface area contributed by atoms with Crippen molar-refractivity contribution in [3.05, 3.63) is 29.8 Å². The van der Waals surface area contributed by atoms with Crippen molar-refractivity contribution >= 4 is 5.97 Å². The molecule has 0 amide bonds. The van der Waals surface area contributed by atoms with E-state index in [1.165, 1.54) is 0 Å². The van der Waals surface area contributed by atoms with Crippen LogP contribution in [-0.4, -0.2) is 36.2 Å². The molecule has 0 aliphatic heterocycles. The Kier molecular flexibility index (Phi) is 5.65. The van der Waals surface area contributed by atoms with Gasteiger partial charge in [0.2, 0.25) is 0 Å². The maximum atomic E-state index is 11.2. The fourth-order valence-electron chi connectivity index (χ4n) is 1.93. The maximum absolute atomic E-state index is 11.2. The minimum absolute atomic E-state index is 0.419. The Morgan fingerprint density at radius 1 is 1.39 bits per heavy atom. The number of hydrogen-bond donors (Lipinski definition) is 1. The van der Waals surface area contributed by atoms with E-state index in [0.717, 1.165) is 17.7 Å². The van der Waals surface area contributed by atoms with Crippen LogP contribution in [0.25, 0.3) is 0 Å². The van der Waals surface area contributed by atoms with E-state index in [0.29, 0.717) is 13.0 Å². The number of carbonyl (C=O) groups is 1. The molecule has 0 spiro atoms. The zero-order valence-electron chi connectivity index (χ0n) is 11.2. The summed E-state index contributed by atoms with van der Waals surface area (Å²) in [4.78, 5) is 13.0. The van der Waals surface area contributed by atoms with E-state index in [-0.39, 0.29) is 0 Å². The van der Waals surface area contributed by atoms with E-state index in [1.54, 1.807) is 7.11 Å². The SMILES string of the molecule is CCCC(C(=O)O)N(C)Cc1ccc(OC)cc1. The number of carboxylic acid groups (broad SMARTS) is 1. The number of likely N-dealkylation sites (N-methyl/N-ethyl adjacent to an activating group) is 1. The number of hydrogen-bond acceptors (Lipinski definition) is 3. The molecular weight excluding hydrogens is 230 g/mol. The summed E-state index contributed by atoms with van der Waals surface area (Å²) in [6.07, 6.45) is 1.53. The molecule has 18 heavy (non-hydrogen) atoms. The van der Waals surface area contributed by atoms with Crippen molar-refractivity contribution in [2.45, 2.75) is 32.4 Å². The summed E-state index contributed by atoms with van der Waals surface area (Å²) in [5.41, 5.74) is 1.08. The van der Waals surface area contributed by atoms with Crippen LogP contribution < -0.4 is 4.74 Å². The highest BCUT2D eigenvalue weighted by Gasteiger charge is 2.21. The second-order valence-electron chi connectivity index (χ2n) is 4.41. The lowest BCUT2D eigenvalue weighted by Crippen LogP contribution is -2.37. The number of nitrogens with zero attached hydrogens (tertiary/aromatic N) is 1. The van der Waals surface area contributed by atoms with Gasteiger partial charge in [-0.3, -0.25) is 9.69 Å². The molecule has 4 nitrogen and oxygen atoms in total. The van der Waals surface area contributed by atoms with Gasteiger partial charge in [0.15, 0.2) is 0 Å². The molecule has 0 aliphatic carbocycles. The van der Waals surface area contributed by atoms with Crippen LogP contribution in [0.2, 0.25) is 0 Å². The number of ether oxygens (including phenoxy) is 1. The summed E-state index contributed by atoms with van der Waals surface area (Å²) in [5, 5.41) is 9.17. The molecule has 0 aromatic heterocycles. The number of methoxy groups -OCH3 is 1. The molecule has 1 N–H and O–H groups in total. The quantitative estimate of drug-likeness (QED) is 0.808. The Hall–Kier alpha value is -1.55. The molecule has 0 fully saturated rings. The highest BCUT2D eigenvalue weighted by atomic mass is 16.5. The fraction of sp³-hybridized carbons (Fsp3) is 0.500. The summed E-state index contributed by atoms with van der Waals surface area (Å²) in [7, 11) is 3.47. The largest absolute Gasteiger partial charge is 0.497 e. The summed E-state index contributed by atoms with van der Waals surface area (Å²) >= 11 is 0. The van der Waals surface area contributed by atoms with Gasteiger partial charge in [-0.15, -0.1) is 0 Å². The van der Waals surface area contributed by atoms with Crippen LogP contribution in [0.3, 0.4) is 0 Å². The Balaban J connectivity index is 2.66. The summed E-state index contributed by atoms with van der Waals surface area (Å²) in [6.45, 7) is 2.62. The predicted octanol–water partition coefficient (Wildman–Crippen LogP) is 2.38. The minimum atomic E-state index is -0.757. The molecule has 0 aliphatic rings. The smallest absolute Gasteiger partial charge is 0.320 e. The summed E-state index contributed by atoms with van der Waals surface area (Å²) < 4.78 is 5.09. The van der Waals surface area contributed by atoms with Crippen molar-refractivity contribution < 1.29 is 14.6 Å². The van der Waals surface area contributed by atoms with Crippen molar-refractivity contribution in [3.63, 3.8) is 0 Å². The van der Waals surface area contributed by atoms with E-state index < -0.39 is 12.0 Å². The molecule has 1 aromatic carbocycles. The Bertz CT molecular complexity index is 375. The van der Waals surface area contributed by atoms with Gasteiger partial charge in [0.25, 0.3) is 0 Å². The first kappa shape index (κ1) is 14.5. The zero-order valence-corrected chi connectivity index (χ0v) is 11.2. The molecule has 1 aromatic rings. The van der Waals surface area contributed by atoms with Crippen LogP contribution in [0.5, 0.6) is 5.75 Å². The Morgan fingerprint density at radius 2 is 2.00 bits per heavy atom. The van der Waals surface area contributed by atoms with Crippen LogP contribution in [0.15, 0.2) is 24.3 Å². The van der Waals surface area contributed by atoms with Gasteiger partial charge in [-0.05, 0) is 31.2 Å². The van der Waals surface area contributed by atoms with Gasteiger partial charge < -0.3 is 9.84 Å². The first-order valence-electron chi connectivity index (χ1n) is 6.14. The van der Waals surface area contributed by atoms with Gasteiger partial charge in [-0.25, -0.2) is 0 Å². The van der Waals surface area contributed by atoms with Gasteiger partial charge in [0, 0.05) is 6.54 Å². The van der Waals surface area contributed by atoms with Gasteiger partial charge in [0.1, 0.15) is 11.8 Å². The average molecular weight is 251 g/mol. The summed E-state index contributed by atoms with van der Waals surface area (Å²) in [6, 6.07) is 7.27. The molecule has 0 saturated heterocycles. The fourth-order valence-corrected chi connectivity index (χ4v) is 1.93. The number of benzene rings is 1. The van der Waals surface area contributed by atoms with Gasteiger partial charge in [-0.1, -0.05) is 25.5 Å². The van der Waals surface area contributed by atoms with E-state index in [2.05, 4.69) is 0 Å². The van der Waals surface area contributed by atoms with Crippen LogP contribution >= 0.6 is 0 Å². The lowest BCUT2D eigenvalue weighted by molar-refractivity contribution is -0.143. The third kappa shape index (κ3) is 4.04. The van der Waals surface area contributed by atoms with Crippen molar-refractivity contribution in [2.75, 3.05) is 14.2 Å². The first-order valence-corrected chi connectivity index (χ1v) is 6.14. The number of aliphatic carboxylic acids is 1. The van der Waals surface area contributed by atoms with Crippen molar-refractivity contribution in [2.24, 2.45) is 0 Å². The van der Waals surface area contributed by atoms with Crippen molar-refractivity contribution in [3.8, 4) is 5.75 Å². The molecule has 1 unspecified atom stereocenters. The van der Waals surface area contributed by atoms with E-state index in [1.807, 2.05) is 43.1 Å². The monoisotopic (exact) mass is 251 g/mol. The van der Waals surface area contributed by atoms with Crippen LogP contribution in [0.1, 0.15) is 25.3 Å². The number of carboxylic acids is 1. The van der Waals surface area contributed by atoms with Crippen molar-refractivity contribution in [1.29, 1.82) is 0 Å². The standard InChI is InChI=1S/C14H21NO3/c1-4-5-13(14(16)17)15(2)10-11-6-8-12(18-3)9-7-11/h6-9,13H,4-5,10H2,1-3H3,(H,16,17). The predicted molar refractivity (Wildman–Crippen MR) is 70.8 cm³/mol. The van der Waals surface area contributed by atoms with E-state index >= 15 is 0 Å². The Labute approximate surface area is 108 Å². The zero-order chi connectivity index (χ0) is 13.5. The van der Waals surface area contributed by atoms with E-state index in [4.69, 9.17) is 4.74 Å². The van der Waals surface area contributed by atoms with Crippen LogP contribution in [-0.2, 0) is 11.3 Å². The molecule has 100 valence electrons. The van der Waals surface area contributed by atoms with Crippen molar-refractivity contribution in [1.82, 2.24) is 4.90 Å². The number of rotatable bonds is 7. The molecule has 0 radical (unpaired) electrons. The summed E-state index contributed by atoms with van der Waals surface area (Å²) in [5.74, 6) is 0.0533. The van der Waals surface area contributed by atoms with E-state index in [9.17, 15) is 9.90 Å². The van der Waals surface area contributed by atoms with Crippen LogP contribution in [0, 0.1) is 0 Å². The molecular formula is C14H21NO3. The third-order valence-electron chi connectivity index (χ3n) is 2.97. The molecule has 0 saturated carbocycles. The van der Waals surface area contributed by atoms with Gasteiger partial charge >= 0.3 is 5.97 Å². The normalized spacial score (nSPS) is 12.4. The molecule has 1 rings (SSSR count). The van der Waals surface area contributed by atoms with Gasteiger partial charge in [-0.2, -0.15) is 0 Å². The third-order valence-corrected chi connectivity index (χ3v) is 2.97. The highest BCUT2D eigenvalue weighted by molar-refractivity contribution is 5.73. The lowest BCUT2D eigenvalue weighted by atomic mass is 10.1. The maximum Gasteiger partial charge on any atom is 0.320 e. The lowest BCUT2D eigenvalue weighted by Gasteiger charge is -2.24. The topological polar surface area (TPSA) is 49.8 Å². The minimum Gasteiger partial charge on any atom is -0.497 e. The molecule has 0 bridgehead atoms. The first-order chi connectivity index (χ1) is 8.58. The molecule has 4 heteroatoms. The second-order valence-corrected chi connectivity index (χ2v) is 4.41.